The minimum atomic E-state index is -0.562. The van der Waals surface area contributed by atoms with E-state index in [4.69, 9.17) is 11.3 Å². The summed E-state index contributed by atoms with van der Waals surface area (Å²) < 4.78 is 5.60. The summed E-state index contributed by atoms with van der Waals surface area (Å²) in [5.41, 5.74) is 18.3. The van der Waals surface area contributed by atoms with E-state index in [0.717, 1.165) is 167 Å². The van der Waals surface area contributed by atoms with Crippen LogP contribution < -0.4 is 11.3 Å². The summed E-state index contributed by atoms with van der Waals surface area (Å²) in [6.07, 6.45) is 76.9. The number of fused-ring (bicyclic) bond motifs is 21. The lowest BCUT2D eigenvalue weighted by Gasteiger charge is -2.58. The minimum absolute atomic E-state index is 0.0168. The molecule has 3 aromatic rings. The van der Waals surface area contributed by atoms with Gasteiger partial charge in [0.1, 0.15) is 5.78 Å². The molecule has 0 spiro atoms. The van der Waals surface area contributed by atoms with Crippen LogP contribution in [0.25, 0.3) is 11.1 Å². The number of hydrazone groups is 1. The van der Waals surface area contributed by atoms with E-state index in [1.165, 1.54) is 208 Å². The molecule has 0 bridgehead atoms. The van der Waals surface area contributed by atoms with Crippen LogP contribution in [0.2, 0.25) is 12.6 Å². The van der Waals surface area contributed by atoms with Crippen molar-refractivity contribution in [2.45, 2.75) is 385 Å². The zero-order valence-corrected chi connectivity index (χ0v) is 92.0. The highest BCUT2D eigenvalue weighted by Gasteiger charge is 2.63. The highest BCUT2D eigenvalue weighted by molar-refractivity contribution is 14.1. The first-order valence-electron chi connectivity index (χ1n) is 55.9. The quantitative estimate of drug-likeness (QED) is 0.0155. The second-order valence-electron chi connectivity index (χ2n) is 50.9. The number of ketones is 1. The Bertz CT molecular complexity index is 4940. The number of aliphatic hydroxyl groups excluding tert-OH is 4. The number of guanidine groups is 1. The van der Waals surface area contributed by atoms with Gasteiger partial charge in [0, 0.05) is 108 Å². The van der Waals surface area contributed by atoms with Gasteiger partial charge in [-0.1, -0.05) is 191 Å². The molecule has 19 aliphatic rings. The van der Waals surface area contributed by atoms with Crippen molar-refractivity contribution in [2.24, 2.45) is 154 Å². The van der Waals surface area contributed by atoms with Gasteiger partial charge in [-0.2, -0.15) is 5.10 Å². The predicted octanol–water partition coefficient (Wildman–Crippen LogP) is 26.6. The average molecular weight is 2030 g/mol. The number of nitrogens with two attached hydrogens (primary N) is 1. The van der Waals surface area contributed by atoms with E-state index >= 15 is 0 Å². The first kappa shape index (κ1) is 108. The fraction of sp³-hybridized carbons (Fsp3) is 0.721. The average Bonchev–Trinajstić information content (AvgIpc) is 1.71. The van der Waals surface area contributed by atoms with E-state index in [0.29, 0.717) is 73.6 Å². The van der Waals surface area contributed by atoms with Crippen molar-refractivity contribution in [1.29, 1.82) is 5.41 Å². The van der Waals surface area contributed by atoms with Gasteiger partial charge < -0.3 is 40.8 Å². The molecule has 140 heavy (non-hydrogen) atoms. The van der Waals surface area contributed by atoms with Crippen molar-refractivity contribution in [3.8, 4) is 0 Å². The van der Waals surface area contributed by atoms with E-state index in [1.807, 2.05) is 70.8 Å². The molecule has 12 fully saturated rings. The SMILES string of the molecule is CC(=O)OC(C)=O.CC1(C2CC[C@]3(C)C(I)=CCC3C2)CCC(O)CC1.CCB(CC)c1cccnc1.CN(C)C(=N)N(C)C.C[C@H]1CC[C@@]2(C)C(=CCC3C2CC[C@]2(C)C(c4cccnc4)=CCC32)C1.C[C@]12CC[C@H](O)CC1=CCC1C2CC[C@]2(C)/C(=N/N)CCC12.C[C@]12CC[C@H](O)CC1=CCC1C2CC[C@]2(C)C(=O)CCC12.C[C@]12CC[C@H](O)CC1=CCC1C2CC[C@]2(C)C(c3cccnc3)=CCC12. The molecule has 0 saturated heterocycles. The number of esters is 2. The van der Waals surface area contributed by atoms with Gasteiger partial charge in [0.2, 0.25) is 0 Å². The molecule has 0 aromatic carbocycles. The Balaban J connectivity index is 0.000000125. The Kier molecular flexibility index (Phi) is 34.0. The number of rotatable bonds is 6. The van der Waals surface area contributed by atoms with Gasteiger partial charge in [0.15, 0.2) is 12.7 Å². The van der Waals surface area contributed by atoms with E-state index in [-0.39, 0.29) is 35.2 Å². The molecule has 7 N–H and O–H groups in total. The Morgan fingerprint density at radius 1 is 0.443 bits per heavy atom. The molecule has 0 amide bonds. The van der Waals surface area contributed by atoms with Gasteiger partial charge >= 0.3 is 11.9 Å². The molecule has 3 heterocycles. The van der Waals surface area contributed by atoms with E-state index in [2.05, 4.69) is 216 Å². The summed E-state index contributed by atoms with van der Waals surface area (Å²) in [5.74, 6) is 17.7. The number of allylic oxidation sites excluding steroid dienone is 11. The summed E-state index contributed by atoms with van der Waals surface area (Å²) in [4.78, 5) is 48.4. The molecule has 22 rings (SSSR count). The maximum absolute atomic E-state index is 12.4. The number of hydrogen-bond acceptors (Lipinski definition) is 14. The van der Waals surface area contributed by atoms with Gasteiger partial charge in [0.05, 0.1) is 24.4 Å². The lowest BCUT2D eigenvalue weighted by atomic mass is 9.42. The third kappa shape index (κ3) is 21.4. The highest BCUT2D eigenvalue weighted by Crippen LogP contribution is 2.72. The molecule has 0 aliphatic heterocycles. The molecule has 12 saturated carbocycles. The van der Waals surface area contributed by atoms with E-state index < -0.39 is 11.9 Å². The van der Waals surface area contributed by atoms with Crippen LogP contribution in [0.4, 0.5) is 0 Å². The normalized spacial score (nSPS) is 41.2. The summed E-state index contributed by atoms with van der Waals surface area (Å²) in [6, 6.07) is 12.8. The standard InChI is InChI=1S/C25H33N.C24H31NO.C19H30N2O.C19H28O2.C17H27IO.C9H14BN.C5H13N3.C4H6O3/c1-17-10-12-24(2)19(15-17)6-7-20-22-9-8-21(18-5-4-14-26-16-18)25(22,3)13-11-23(20)24;1-23-11-9-18(26)14-17(23)5-6-19-21-8-7-20(16-4-3-13-25-15-16)24(21,2)12-10-22(19)23;1-18-9-7-13(22)11-12(18)3-4-14-15-5-6-17(21-20)19(15,2)10-8-16(14)18;1-18-9-7-13(20)11-12(18)3-4-14-15-5-6-17(21)19(15,2)10-8-16(14)18;1-16(8-6-14(19)7-9-16)12-5-10-17(2)13(11-12)3-4-15(17)18;1-3-10(4-2)9-6-5-7-11-8-9;1-7(2)5(6)8(3)4;1-3(5)7-4(2)6/h4-6,8,14,16-17,20,22-23H,7,9-13,15H2,1-3H3;3-5,7,13,15,18-19,21-22,26H,6,8-12,14H2,1-2H3;3,13-16,22H,4-11,20H2,1-2H3;3,13-16,20H,4-11H2,1-2H3;4,12-14,19H,3,5-11H2,1-2H3;5-8H,3-4H2,1-2H3;6H,1-4H3;1-2H3/b;;21-17+;;;;;/t17-,20?,22?,23?,24-,25+;18-,19?,21?,22?,23-,24+;2*13-,14?,15?,16?,18-,19-;12?,13?,14?,16?,17-;;;/m00000.../s1. The molecular formula is C122H182BIN8O8. The van der Waals surface area contributed by atoms with Crippen LogP contribution in [0, 0.1) is 148 Å². The zero-order chi connectivity index (χ0) is 101. The Hall–Kier alpha value is -6.19. The summed E-state index contributed by atoms with van der Waals surface area (Å²) in [7, 11) is 7.40. The van der Waals surface area contributed by atoms with Crippen molar-refractivity contribution in [1.82, 2.24) is 24.8 Å². The van der Waals surface area contributed by atoms with Crippen molar-refractivity contribution in [3.05, 3.63) is 153 Å². The van der Waals surface area contributed by atoms with E-state index in [1.54, 1.807) is 35.7 Å². The maximum atomic E-state index is 12.4. The number of hydrogen-bond donors (Lipinski definition) is 6. The second kappa shape index (κ2) is 44.1. The molecule has 3 aromatic heterocycles. The van der Waals surface area contributed by atoms with Crippen molar-refractivity contribution in [3.63, 3.8) is 0 Å². The number of pyridine rings is 3. The summed E-state index contributed by atoms with van der Waals surface area (Å²) >= 11 is 2.58. The Morgan fingerprint density at radius 3 is 1.22 bits per heavy atom. The summed E-state index contributed by atoms with van der Waals surface area (Å²) in [5, 5.41) is 51.4. The first-order chi connectivity index (χ1) is 66.5. The molecule has 16 nitrogen and oxygen atoms in total. The number of carbonyl (C=O) groups excluding carboxylic acids is 3. The second-order valence-corrected chi connectivity index (χ2v) is 52.1. The van der Waals surface area contributed by atoms with Gasteiger partial charge in [-0.05, 0) is 431 Å². The minimum Gasteiger partial charge on any atom is -0.394 e. The largest absolute Gasteiger partial charge is 0.394 e. The molecule has 18 heteroatoms. The van der Waals surface area contributed by atoms with Crippen LogP contribution in [0.5, 0.6) is 0 Å². The van der Waals surface area contributed by atoms with Crippen LogP contribution in [0.3, 0.4) is 0 Å². The molecule has 14 unspecified atom stereocenters. The molecule has 19 aliphatic carbocycles. The number of carbonyl (C=O) groups is 3. The van der Waals surface area contributed by atoms with Crippen molar-refractivity contribution < 1.29 is 39.5 Å². The topological polar surface area (TPSA) is 249 Å². The van der Waals surface area contributed by atoms with Crippen LogP contribution in [-0.4, -0.2) is 134 Å². The Labute approximate surface area is 859 Å². The fourth-order valence-electron chi connectivity index (χ4n) is 34.4. The van der Waals surface area contributed by atoms with Gasteiger partial charge in [-0.15, -0.1) is 0 Å². The first-order valence-corrected chi connectivity index (χ1v) is 57.0. The number of nitrogens with one attached hydrogen (secondary N) is 1. The number of halogens is 1. The van der Waals surface area contributed by atoms with E-state index in [9.17, 15) is 34.8 Å². The van der Waals surface area contributed by atoms with Gasteiger partial charge in [0.25, 0.3) is 0 Å². The lowest BCUT2D eigenvalue weighted by molar-refractivity contribution is -0.156. The third-order valence-corrected chi connectivity index (χ3v) is 44.9. The highest BCUT2D eigenvalue weighted by atomic mass is 127. The smallest absolute Gasteiger partial charge is 0.310 e. The van der Waals surface area contributed by atoms with Crippen LogP contribution in [0.1, 0.15) is 359 Å². The van der Waals surface area contributed by atoms with Gasteiger partial charge in [-0.3, -0.25) is 34.7 Å². The van der Waals surface area contributed by atoms with Crippen LogP contribution >= 0.6 is 22.6 Å². The van der Waals surface area contributed by atoms with Crippen LogP contribution in [0.15, 0.2) is 147 Å². The number of ether oxygens (including phenoxy) is 1. The molecule has 768 valence electrons. The molecule has 27 atom stereocenters. The Morgan fingerprint density at radius 2 is 0.821 bits per heavy atom. The fourth-order valence-corrected chi connectivity index (χ4v) is 35.4. The van der Waals surface area contributed by atoms with Crippen LogP contribution in [-0.2, 0) is 19.1 Å². The number of aromatic nitrogens is 3. The summed E-state index contributed by atoms with van der Waals surface area (Å²) in [6.45, 7) is 34.7. The molecular weight excluding hydrogens is 1840 g/mol. The van der Waals surface area contributed by atoms with Crippen molar-refractivity contribution >= 4 is 75.3 Å². The number of aliphatic hydroxyl groups is 4. The maximum Gasteiger partial charge on any atom is 0.310 e. The third-order valence-electron chi connectivity index (χ3n) is 43.3. The molecule has 0 radical (unpaired) electrons. The zero-order valence-electron chi connectivity index (χ0n) is 89.9. The predicted molar refractivity (Wildman–Crippen MR) is 582 cm³/mol. The monoisotopic (exact) mass is 2030 g/mol. The van der Waals surface area contributed by atoms with Crippen molar-refractivity contribution in [2.75, 3.05) is 28.2 Å². The lowest BCUT2D eigenvalue weighted by Crippen LogP contribution is -2.50. The van der Waals surface area contributed by atoms with Gasteiger partial charge in [-0.25, -0.2) is 0 Å². The number of Topliss-reactive ketones (excluding diaryl/α,β-unsaturated/α-hetero) is 1. The number of nitrogens with zero attached hydrogens (tertiary/aromatic N) is 6.